The van der Waals surface area contributed by atoms with Gasteiger partial charge in [0.15, 0.2) is 0 Å². The molecule has 2 aliphatic carbocycles. The summed E-state index contributed by atoms with van der Waals surface area (Å²) in [4.78, 5) is 11.6. The third-order valence-corrected chi connectivity index (χ3v) is 3.70. The Morgan fingerprint density at radius 3 is 2.94 bits per heavy atom. The van der Waals surface area contributed by atoms with E-state index in [1.54, 1.807) is 6.07 Å². The molecule has 1 aromatic carbocycles. The Balaban J connectivity index is 1.58. The van der Waals surface area contributed by atoms with Gasteiger partial charge in [0.05, 0.1) is 6.54 Å². The molecule has 1 amide bonds. The number of hydrogen-bond acceptors (Lipinski definition) is 3. The smallest absolute Gasteiger partial charge is 0.234 e. The first-order valence-corrected chi connectivity index (χ1v) is 6.57. The number of fused-ring (bicyclic) bond motifs is 1. The van der Waals surface area contributed by atoms with Crippen LogP contribution >= 0.6 is 0 Å². The molecule has 4 nitrogen and oxygen atoms in total. The molecule has 1 aromatic rings. The summed E-state index contributed by atoms with van der Waals surface area (Å²) in [6, 6.07) is 6.22. The molecule has 0 bridgehead atoms. The monoisotopic (exact) mass is 246 g/mol. The highest BCUT2D eigenvalue weighted by atomic mass is 16.3. The van der Waals surface area contributed by atoms with Crippen molar-refractivity contribution in [1.82, 2.24) is 10.6 Å². The summed E-state index contributed by atoms with van der Waals surface area (Å²) >= 11 is 0. The zero-order valence-electron chi connectivity index (χ0n) is 10.3. The van der Waals surface area contributed by atoms with Crippen molar-refractivity contribution in [3.8, 4) is 5.75 Å². The highest BCUT2D eigenvalue weighted by molar-refractivity contribution is 5.78. The van der Waals surface area contributed by atoms with E-state index in [0.29, 0.717) is 18.3 Å². The predicted octanol–water partition coefficient (Wildman–Crippen LogP) is 1.25. The first kappa shape index (κ1) is 11.5. The number of carbonyl (C=O) groups excluding carboxylic acids is 1. The van der Waals surface area contributed by atoms with Gasteiger partial charge in [0.2, 0.25) is 5.91 Å². The molecule has 4 heteroatoms. The minimum absolute atomic E-state index is 0.0751. The summed E-state index contributed by atoms with van der Waals surface area (Å²) in [5, 5.41) is 16.0. The number of benzene rings is 1. The molecule has 1 saturated carbocycles. The van der Waals surface area contributed by atoms with E-state index in [-0.39, 0.29) is 11.9 Å². The van der Waals surface area contributed by atoms with Gasteiger partial charge in [-0.1, -0.05) is 12.1 Å². The second kappa shape index (κ2) is 4.61. The highest BCUT2D eigenvalue weighted by Gasteiger charge is 2.26. The first-order chi connectivity index (χ1) is 8.74. The molecule has 18 heavy (non-hydrogen) atoms. The van der Waals surface area contributed by atoms with Gasteiger partial charge in [-0.2, -0.15) is 0 Å². The zero-order chi connectivity index (χ0) is 12.5. The van der Waals surface area contributed by atoms with Crippen LogP contribution in [0.1, 0.15) is 36.4 Å². The van der Waals surface area contributed by atoms with E-state index >= 15 is 0 Å². The Labute approximate surface area is 106 Å². The summed E-state index contributed by atoms with van der Waals surface area (Å²) < 4.78 is 0. The third-order valence-electron chi connectivity index (χ3n) is 3.70. The number of nitrogens with one attached hydrogen (secondary N) is 2. The van der Waals surface area contributed by atoms with Gasteiger partial charge in [-0.25, -0.2) is 0 Å². The molecule has 96 valence electrons. The number of phenols is 1. The van der Waals surface area contributed by atoms with Crippen LogP contribution < -0.4 is 10.6 Å². The summed E-state index contributed by atoms with van der Waals surface area (Å²) in [7, 11) is 0. The largest absolute Gasteiger partial charge is 0.508 e. The van der Waals surface area contributed by atoms with E-state index in [1.807, 2.05) is 12.1 Å². The van der Waals surface area contributed by atoms with Gasteiger partial charge in [-0.15, -0.1) is 0 Å². The quantitative estimate of drug-likeness (QED) is 0.749. The number of hydrogen-bond donors (Lipinski definition) is 3. The molecule has 3 rings (SSSR count). The van der Waals surface area contributed by atoms with Gasteiger partial charge in [0.25, 0.3) is 0 Å². The van der Waals surface area contributed by atoms with Gasteiger partial charge in [-0.3, -0.25) is 4.79 Å². The molecule has 0 aliphatic heterocycles. The molecule has 0 aromatic heterocycles. The lowest BCUT2D eigenvalue weighted by Crippen LogP contribution is -2.36. The van der Waals surface area contributed by atoms with Gasteiger partial charge >= 0.3 is 0 Å². The standard InChI is InChI=1S/C14H18N2O2/c17-13-3-1-2-10-11(13)6-7-12(10)15-8-14(18)16-9-4-5-9/h1-3,9,12,15,17H,4-8H2,(H,16,18). The molecular formula is C14H18N2O2. The van der Waals surface area contributed by atoms with E-state index in [0.717, 1.165) is 36.8 Å². The summed E-state index contributed by atoms with van der Waals surface area (Å²) in [6.07, 6.45) is 4.06. The van der Waals surface area contributed by atoms with Gasteiger partial charge in [0.1, 0.15) is 5.75 Å². The van der Waals surface area contributed by atoms with Crippen LogP contribution in [-0.4, -0.2) is 23.6 Å². The van der Waals surface area contributed by atoms with Crippen molar-refractivity contribution in [1.29, 1.82) is 0 Å². The maximum atomic E-state index is 11.6. The van der Waals surface area contributed by atoms with Gasteiger partial charge in [-0.05, 0) is 42.9 Å². The van der Waals surface area contributed by atoms with Gasteiger partial charge < -0.3 is 15.7 Å². The van der Waals surface area contributed by atoms with E-state index in [9.17, 15) is 9.90 Å². The van der Waals surface area contributed by atoms with Crippen LogP contribution in [-0.2, 0) is 11.2 Å². The number of phenolic OH excluding ortho intramolecular Hbond substituents is 1. The number of amides is 1. The fourth-order valence-electron chi connectivity index (χ4n) is 2.57. The zero-order valence-corrected chi connectivity index (χ0v) is 10.3. The van der Waals surface area contributed by atoms with Crippen LogP contribution in [0.15, 0.2) is 18.2 Å². The Bertz CT molecular complexity index is 469. The minimum atomic E-state index is 0.0751. The lowest BCUT2D eigenvalue weighted by Gasteiger charge is -2.14. The average molecular weight is 246 g/mol. The Morgan fingerprint density at radius 2 is 2.17 bits per heavy atom. The van der Waals surface area contributed by atoms with Crippen molar-refractivity contribution in [3.05, 3.63) is 29.3 Å². The highest BCUT2D eigenvalue weighted by Crippen LogP contribution is 2.35. The topological polar surface area (TPSA) is 61.4 Å². The lowest BCUT2D eigenvalue weighted by molar-refractivity contribution is -0.120. The van der Waals surface area contributed by atoms with E-state index in [2.05, 4.69) is 10.6 Å². The maximum Gasteiger partial charge on any atom is 0.234 e. The SMILES string of the molecule is O=C(CNC1CCc2c(O)cccc21)NC1CC1. The maximum absolute atomic E-state index is 11.6. The molecular weight excluding hydrogens is 228 g/mol. The van der Waals surface area contributed by atoms with Crippen LogP contribution in [0.5, 0.6) is 5.75 Å². The summed E-state index contributed by atoms with van der Waals surface area (Å²) in [5.74, 6) is 0.449. The fourth-order valence-corrected chi connectivity index (χ4v) is 2.57. The van der Waals surface area contributed by atoms with E-state index in [4.69, 9.17) is 0 Å². The molecule has 0 heterocycles. The normalized spacial score (nSPS) is 21.7. The van der Waals surface area contributed by atoms with Crippen LogP contribution in [0.3, 0.4) is 0 Å². The van der Waals surface area contributed by atoms with Crippen LogP contribution in [0.2, 0.25) is 0 Å². The summed E-state index contributed by atoms with van der Waals surface area (Å²) in [6.45, 7) is 0.357. The Morgan fingerprint density at radius 1 is 1.33 bits per heavy atom. The van der Waals surface area contributed by atoms with Crippen molar-refractivity contribution in [2.24, 2.45) is 0 Å². The molecule has 0 radical (unpaired) electrons. The van der Waals surface area contributed by atoms with E-state index < -0.39 is 0 Å². The first-order valence-electron chi connectivity index (χ1n) is 6.57. The molecule has 1 fully saturated rings. The fraction of sp³-hybridized carbons (Fsp3) is 0.500. The number of rotatable bonds is 4. The third kappa shape index (κ3) is 2.34. The van der Waals surface area contributed by atoms with Crippen molar-refractivity contribution in [2.75, 3.05) is 6.54 Å². The lowest BCUT2D eigenvalue weighted by atomic mass is 10.1. The average Bonchev–Trinajstić information content (AvgIpc) is 3.06. The molecule has 3 N–H and O–H groups in total. The summed E-state index contributed by atoms with van der Waals surface area (Å²) in [5.41, 5.74) is 2.16. The Hall–Kier alpha value is -1.55. The van der Waals surface area contributed by atoms with Crippen LogP contribution in [0.4, 0.5) is 0 Å². The van der Waals surface area contributed by atoms with E-state index in [1.165, 1.54) is 0 Å². The van der Waals surface area contributed by atoms with Crippen molar-refractivity contribution < 1.29 is 9.90 Å². The molecule has 0 spiro atoms. The Kier molecular flexibility index (Phi) is 2.96. The molecule has 2 aliphatic rings. The number of aromatic hydroxyl groups is 1. The second-order valence-electron chi connectivity index (χ2n) is 5.16. The van der Waals surface area contributed by atoms with Crippen LogP contribution in [0.25, 0.3) is 0 Å². The molecule has 0 saturated heterocycles. The number of carbonyl (C=O) groups is 1. The second-order valence-corrected chi connectivity index (χ2v) is 5.16. The molecule has 1 unspecified atom stereocenters. The van der Waals surface area contributed by atoms with Crippen molar-refractivity contribution >= 4 is 5.91 Å². The van der Waals surface area contributed by atoms with Crippen molar-refractivity contribution in [2.45, 2.75) is 37.8 Å². The van der Waals surface area contributed by atoms with Crippen molar-refractivity contribution in [3.63, 3.8) is 0 Å². The van der Waals surface area contributed by atoms with Gasteiger partial charge in [0, 0.05) is 12.1 Å². The minimum Gasteiger partial charge on any atom is -0.508 e. The predicted molar refractivity (Wildman–Crippen MR) is 68.3 cm³/mol. The van der Waals surface area contributed by atoms with Crippen LogP contribution in [0, 0.1) is 0 Å². The molecule has 1 atom stereocenters.